The van der Waals surface area contributed by atoms with E-state index in [4.69, 9.17) is 10.5 Å². The van der Waals surface area contributed by atoms with Gasteiger partial charge in [-0.25, -0.2) is 9.38 Å². The molecule has 0 saturated heterocycles. The Kier molecular flexibility index (Phi) is 11.1. The minimum absolute atomic E-state index is 0. The largest absolute Gasteiger partial charge is 0.460 e. The zero-order valence-corrected chi connectivity index (χ0v) is 20.5. The van der Waals surface area contributed by atoms with Gasteiger partial charge in [0, 0.05) is 17.8 Å². The molecule has 12 heteroatoms. The van der Waals surface area contributed by atoms with Gasteiger partial charge >= 0.3 is 5.97 Å². The summed E-state index contributed by atoms with van der Waals surface area (Å²) in [7, 11) is 0. The Morgan fingerprint density at radius 2 is 1.94 bits per heavy atom. The molecule has 1 unspecified atom stereocenters. The number of anilines is 1. The number of amides is 2. The Morgan fingerprint density at radius 3 is 2.64 bits per heavy atom. The topological polar surface area (TPSA) is 147 Å². The summed E-state index contributed by atoms with van der Waals surface area (Å²) in [6.45, 7) is 1.69. The number of carbonyl (C=O) groups is 3. The maximum absolute atomic E-state index is 13.2. The summed E-state index contributed by atoms with van der Waals surface area (Å²) in [5, 5.41) is 11.0. The van der Waals surface area contributed by atoms with Crippen molar-refractivity contribution in [3.05, 3.63) is 65.7 Å². The summed E-state index contributed by atoms with van der Waals surface area (Å²) < 4.78 is 18.3. The van der Waals surface area contributed by atoms with Crippen LogP contribution >= 0.6 is 12.4 Å². The average Bonchev–Trinajstić information content (AvgIpc) is 2.87. The Labute approximate surface area is 214 Å². The van der Waals surface area contributed by atoms with Gasteiger partial charge in [0.25, 0.3) is 5.91 Å². The lowest BCUT2D eigenvalue weighted by molar-refractivity contribution is -0.146. The molecular formula is C24H30ClFN6O4. The number of aliphatic imine (C=N–C) groups is 1. The van der Waals surface area contributed by atoms with E-state index in [9.17, 15) is 18.8 Å². The van der Waals surface area contributed by atoms with Crippen molar-refractivity contribution in [3.63, 3.8) is 0 Å². The third kappa shape index (κ3) is 8.82. The molecular weight excluding hydrogens is 491 g/mol. The van der Waals surface area contributed by atoms with Gasteiger partial charge in [-0.05, 0) is 30.7 Å². The molecule has 10 nitrogen and oxygen atoms in total. The van der Waals surface area contributed by atoms with Crippen molar-refractivity contribution in [2.24, 2.45) is 10.7 Å². The number of guanidine groups is 1. The maximum Gasteiger partial charge on any atom is 0.325 e. The van der Waals surface area contributed by atoms with Crippen LogP contribution < -0.4 is 27.0 Å². The molecule has 194 valence electrons. The zero-order valence-electron chi connectivity index (χ0n) is 19.7. The summed E-state index contributed by atoms with van der Waals surface area (Å²) >= 11 is 0. The van der Waals surface area contributed by atoms with Crippen molar-refractivity contribution >= 4 is 41.8 Å². The number of nitrogens with two attached hydrogens (primary N) is 1. The number of carbonyl (C=O) groups excluding carboxylic acids is 3. The van der Waals surface area contributed by atoms with E-state index in [1.54, 1.807) is 24.3 Å². The van der Waals surface area contributed by atoms with Crippen molar-refractivity contribution in [1.29, 1.82) is 0 Å². The number of ether oxygens (including phenoxy) is 1. The number of rotatable bonds is 9. The number of alkyl halides is 1. The number of hydrogen-bond acceptors (Lipinski definition) is 8. The molecule has 0 bridgehead atoms. The first-order valence-electron chi connectivity index (χ1n) is 11.2. The van der Waals surface area contributed by atoms with E-state index in [0.717, 1.165) is 5.56 Å². The van der Waals surface area contributed by atoms with Gasteiger partial charge in [0.2, 0.25) is 5.91 Å². The number of nitrogens with one attached hydrogen (secondary N) is 4. The van der Waals surface area contributed by atoms with Crippen molar-refractivity contribution in [1.82, 2.24) is 16.0 Å². The van der Waals surface area contributed by atoms with Crippen LogP contribution in [0.2, 0.25) is 0 Å². The van der Waals surface area contributed by atoms with Gasteiger partial charge in [0.05, 0.1) is 13.1 Å². The Balaban J connectivity index is 0.00000456. The van der Waals surface area contributed by atoms with Crippen LogP contribution in [0.15, 0.2) is 59.6 Å². The predicted octanol–water partition coefficient (Wildman–Crippen LogP) is 1.12. The maximum atomic E-state index is 13.2. The number of halogens is 2. The van der Waals surface area contributed by atoms with Crippen LogP contribution in [-0.4, -0.2) is 61.6 Å². The molecule has 0 spiro atoms. The van der Waals surface area contributed by atoms with Crippen molar-refractivity contribution in [3.8, 4) is 0 Å². The zero-order chi connectivity index (χ0) is 25.2. The van der Waals surface area contributed by atoms with E-state index in [-0.39, 0.29) is 38.6 Å². The second-order valence-electron chi connectivity index (χ2n) is 8.01. The average molecular weight is 521 g/mol. The van der Waals surface area contributed by atoms with E-state index in [0.29, 0.717) is 17.2 Å². The number of benzene rings is 2. The highest BCUT2D eigenvalue weighted by molar-refractivity contribution is 6.00. The summed E-state index contributed by atoms with van der Waals surface area (Å²) in [5.74, 6) is -1.19. The van der Waals surface area contributed by atoms with Gasteiger partial charge in [0.15, 0.2) is 5.96 Å². The fourth-order valence-corrected chi connectivity index (χ4v) is 3.11. The molecule has 0 fully saturated rings. The Bertz CT molecular complexity index is 1070. The Hall–Kier alpha value is -3.70. The fraction of sp³-hybridized carbons (Fsp3) is 0.333. The molecule has 0 aromatic heterocycles. The molecule has 6 N–H and O–H groups in total. The van der Waals surface area contributed by atoms with Crippen LogP contribution in [0.1, 0.15) is 22.8 Å². The number of esters is 1. The highest BCUT2D eigenvalue weighted by Gasteiger charge is 2.21. The Morgan fingerprint density at radius 1 is 1.19 bits per heavy atom. The molecule has 1 heterocycles. The van der Waals surface area contributed by atoms with Gasteiger partial charge < -0.3 is 31.7 Å². The van der Waals surface area contributed by atoms with Crippen LogP contribution in [-0.2, 0) is 20.9 Å². The molecule has 1 aliphatic rings. The first-order valence-corrected chi connectivity index (χ1v) is 11.2. The van der Waals surface area contributed by atoms with E-state index in [2.05, 4.69) is 26.3 Å². The van der Waals surface area contributed by atoms with Gasteiger partial charge in [-0.3, -0.25) is 14.4 Å². The van der Waals surface area contributed by atoms with Crippen LogP contribution in [0.25, 0.3) is 0 Å². The molecule has 2 aromatic carbocycles. The summed E-state index contributed by atoms with van der Waals surface area (Å²) in [6, 6.07) is 13.8. The number of hydrogen-bond donors (Lipinski definition) is 5. The minimum atomic E-state index is -1.04. The summed E-state index contributed by atoms with van der Waals surface area (Å²) in [4.78, 5) is 41.1. The molecule has 0 aliphatic carbocycles. The normalized spacial score (nSPS) is 16.2. The molecule has 3 atom stereocenters. The molecule has 0 saturated carbocycles. The molecule has 0 radical (unpaired) electrons. The van der Waals surface area contributed by atoms with E-state index in [1.807, 2.05) is 30.3 Å². The standard InChI is InChI=1S/C24H29FN6O4.ClH/c1-15(21(32)27-13-20(26)23(34)35-14-16-6-3-2-4-7-16)30-22(33)17-8-5-9-19(10-17)31-24-28-11-18(25)12-29-24;/h2-10,15,18,20H,11-14,26H2,1H3,(H,27,32)(H,30,33)(H2,28,29,31);1H/t15-,20+;/m1./s1. The SMILES string of the molecule is C[C@@H](NC(=O)c1cccc(NC2=NCC(F)CN2)c1)C(=O)NC[C@H](N)C(=O)OCc1ccccc1.Cl. The summed E-state index contributed by atoms with van der Waals surface area (Å²) in [6.07, 6.45) is -1.03. The third-order valence-electron chi connectivity index (χ3n) is 5.09. The fourth-order valence-electron chi connectivity index (χ4n) is 3.11. The van der Waals surface area contributed by atoms with E-state index >= 15 is 0 Å². The third-order valence-corrected chi connectivity index (χ3v) is 5.09. The monoisotopic (exact) mass is 520 g/mol. The molecule has 1 aliphatic heterocycles. The van der Waals surface area contributed by atoms with Crippen LogP contribution in [0, 0.1) is 0 Å². The van der Waals surface area contributed by atoms with Crippen molar-refractivity contribution in [2.75, 3.05) is 25.0 Å². The molecule has 2 amide bonds. The van der Waals surface area contributed by atoms with Crippen LogP contribution in [0.5, 0.6) is 0 Å². The van der Waals surface area contributed by atoms with Gasteiger partial charge in [-0.1, -0.05) is 36.4 Å². The van der Waals surface area contributed by atoms with E-state index < -0.39 is 36.0 Å². The first-order chi connectivity index (χ1) is 16.8. The highest BCUT2D eigenvalue weighted by Crippen LogP contribution is 2.12. The minimum Gasteiger partial charge on any atom is -0.460 e. The van der Waals surface area contributed by atoms with Gasteiger partial charge in [-0.2, -0.15) is 0 Å². The lowest BCUT2D eigenvalue weighted by atomic mass is 10.1. The van der Waals surface area contributed by atoms with Crippen molar-refractivity contribution in [2.45, 2.75) is 31.8 Å². The quantitative estimate of drug-likeness (QED) is 0.311. The lowest BCUT2D eigenvalue weighted by Gasteiger charge is -2.19. The van der Waals surface area contributed by atoms with Crippen LogP contribution in [0.3, 0.4) is 0 Å². The van der Waals surface area contributed by atoms with Crippen molar-refractivity contribution < 1.29 is 23.5 Å². The summed E-state index contributed by atoms with van der Waals surface area (Å²) in [5.41, 5.74) is 7.52. The number of nitrogens with zero attached hydrogens (tertiary/aromatic N) is 1. The second-order valence-corrected chi connectivity index (χ2v) is 8.01. The lowest BCUT2D eigenvalue weighted by Crippen LogP contribution is -2.49. The van der Waals surface area contributed by atoms with Crippen LogP contribution in [0.4, 0.5) is 10.1 Å². The molecule has 2 aromatic rings. The highest BCUT2D eigenvalue weighted by atomic mass is 35.5. The van der Waals surface area contributed by atoms with Gasteiger partial charge in [-0.15, -0.1) is 12.4 Å². The molecule has 36 heavy (non-hydrogen) atoms. The predicted molar refractivity (Wildman–Crippen MR) is 137 cm³/mol. The molecule has 3 rings (SSSR count). The van der Waals surface area contributed by atoms with E-state index in [1.165, 1.54) is 6.92 Å². The first kappa shape index (κ1) is 28.5. The van der Waals surface area contributed by atoms with Gasteiger partial charge in [0.1, 0.15) is 24.9 Å². The second kappa shape index (κ2) is 14.0. The smallest absolute Gasteiger partial charge is 0.325 e.